The number of nitrogen functional groups attached to an aromatic ring is 1. The Balaban J connectivity index is 2.22. The van der Waals surface area contributed by atoms with E-state index in [1.165, 1.54) is 14.8 Å². The summed E-state index contributed by atoms with van der Waals surface area (Å²) in [5, 5.41) is 0. The number of anilines is 2. The van der Waals surface area contributed by atoms with Crippen molar-refractivity contribution in [2.24, 2.45) is 0 Å². The van der Waals surface area contributed by atoms with Crippen LogP contribution in [0.5, 0.6) is 0 Å². The number of rotatable bonds is 3. The molecule has 0 bridgehead atoms. The molecule has 0 aromatic heterocycles. The van der Waals surface area contributed by atoms with E-state index < -0.39 is 0 Å². The number of halogens is 2. The molecule has 0 aliphatic carbocycles. The summed E-state index contributed by atoms with van der Waals surface area (Å²) in [6.45, 7) is 0.862. The lowest BCUT2D eigenvalue weighted by molar-refractivity contribution is 0.915. The highest BCUT2D eigenvalue weighted by Crippen LogP contribution is 2.26. The van der Waals surface area contributed by atoms with Crippen molar-refractivity contribution in [1.82, 2.24) is 0 Å². The van der Waals surface area contributed by atoms with Crippen LogP contribution in [-0.2, 0) is 6.54 Å². The van der Waals surface area contributed by atoms with Gasteiger partial charge in [-0.1, -0.05) is 34.1 Å². The van der Waals surface area contributed by atoms with Gasteiger partial charge in [-0.25, -0.2) is 0 Å². The summed E-state index contributed by atoms with van der Waals surface area (Å²) in [6.07, 6.45) is 0. The molecule has 0 unspecified atom stereocenters. The van der Waals surface area contributed by atoms with E-state index in [1.807, 2.05) is 18.2 Å². The number of hydrogen-bond donors (Lipinski definition) is 1. The van der Waals surface area contributed by atoms with Crippen molar-refractivity contribution in [3.8, 4) is 0 Å². The van der Waals surface area contributed by atoms with E-state index in [-0.39, 0.29) is 0 Å². The molecule has 0 saturated carbocycles. The van der Waals surface area contributed by atoms with Gasteiger partial charge in [-0.15, -0.1) is 0 Å². The van der Waals surface area contributed by atoms with Gasteiger partial charge in [-0.3, -0.25) is 0 Å². The third kappa shape index (κ3) is 3.17. The van der Waals surface area contributed by atoms with Crippen molar-refractivity contribution in [2.45, 2.75) is 6.54 Å². The lowest BCUT2D eigenvalue weighted by Crippen LogP contribution is -2.17. The summed E-state index contributed by atoms with van der Waals surface area (Å²) >= 11 is 5.90. The highest BCUT2D eigenvalue weighted by molar-refractivity contribution is 14.1. The Labute approximate surface area is 129 Å². The van der Waals surface area contributed by atoms with Gasteiger partial charge in [0.25, 0.3) is 0 Å². The van der Waals surface area contributed by atoms with Crippen LogP contribution in [0, 0.1) is 3.57 Å². The fourth-order valence-corrected chi connectivity index (χ4v) is 3.16. The van der Waals surface area contributed by atoms with Crippen molar-refractivity contribution in [2.75, 3.05) is 17.7 Å². The van der Waals surface area contributed by atoms with Gasteiger partial charge in [0, 0.05) is 27.3 Å². The van der Waals surface area contributed by atoms with Crippen molar-refractivity contribution in [3.05, 3.63) is 56.1 Å². The smallest absolute Gasteiger partial charge is 0.0503 e. The third-order valence-electron chi connectivity index (χ3n) is 2.75. The summed E-state index contributed by atoms with van der Waals surface area (Å²) in [5.41, 5.74) is 9.04. The number of hydrogen-bond acceptors (Lipinski definition) is 2. The minimum absolute atomic E-state index is 0.803. The van der Waals surface area contributed by atoms with Crippen LogP contribution in [0.3, 0.4) is 0 Å². The summed E-state index contributed by atoms with van der Waals surface area (Å²) in [6, 6.07) is 14.3. The van der Waals surface area contributed by atoms with Gasteiger partial charge in [0.1, 0.15) is 0 Å². The molecule has 0 spiro atoms. The first-order chi connectivity index (χ1) is 8.58. The standard InChI is InChI=1S/C14H14BrIN2/c1-18(9-10-4-2-3-5-12(10)15)14-7-6-11(17)8-13(14)16/h2-8H,9,17H2,1H3. The lowest BCUT2D eigenvalue weighted by Gasteiger charge is -2.21. The molecule has 0 aliphatic heterocycles. The van der Waals surface area contributed by atoms with Gasteiger partial charge in [0.2, 0.25) is 0 Å². The molecule has 0 heterocycles. The Morgan fingerprint density at radius 1 is 1.22 bits per heavy atom. The summed E-state index contributed by atoms with van der Waals surface area (Å²) in [4.78, 5) is 2.22. The molecule has 0 aliphatic rings. The molecule has 2 rings (SSSR count). The van der Waals surface area contributed by atoms with Crippen molar-refractivity contribution in [3.63, 3.8) is 0 Å². The second kappa shape index (κ2) is 5.93. The van der Waals surface area contributed by atoms with Crippen molar-refractivity contribution < 1.29 is 0 Å². The Kier molecular flexibility index (Phi) is 4.50. The first-order valence-corrected chi connectivity index (χ1v) is 7.44. The lowest BCUT2D eigenvalue weighted by atomic mass is 10.2. The highest BCUT2D eigenvalue weighted by atomic mass is 127. The van der Waals surface area contributed by atoms with Gasteiger partial charge in [-0.05, 0) is 52.4 Å². The van der Waals surface area contributed by atoms with Crippen LogP contribution < -0.4 is 10.6 Å². The molecule has 0 atom stereocenters. The molecule has 4 heteroatoms. The number of nitrogens with two attached hydrogens (primary N) is 1. The molecular weight excluding hydrogens is 403 g/mol. The van der Waals surface area contributed by atoms with E-state index in [0.717, 1.165) is 16.7 Å². The Hall–Kier alpha value is -0.750. The van der Waals surface area contributed by atoms with Crippen LogP contribution in [0.15, 0.2) is 46.9 Å². The zero-order valence-corrected chi connectivity index (χ0v) is 13.8. The average Bonchev–Trinajstić information content (AvgIpc) is 2.32. The zero-order valence-electron chi connectivity index (χ0n) is 10.0. The van der Waals surface area contributed by atoms with Crippen LogP contribution in [0.1, 0.15) is 5.56 Å². The first-order valence-electron chi connectivity index (χ1n) is 5.57. The zero-order chi connectivity index (χ0) is 13.1. The molecule has 2 N–H and O–H groups in total. The van der Waals surface area contributed by atoms with Crippen molar-refractivity contribution >= 4 is 49.9 Å². The third-order valence-corrected chi connectivity index (χ3v) is 4.39. The van der Waals surface area contributed by atoms with Crippen LogP contribution in [0.25, 0.3) is 0 Å². The topological polar surface area (TPSA) is 29.3 Å². The monoisotopic (exact) mass is 416 g/mol. The minimum atomic E-state index is 0.803. The van der Waals surface area contributed by atoms with Crippen LogP contribution >= 0.6 is 38.5 Å². The van der Waals surface area contributed by atoms with E-state index >= 15 is 0 Å². The highest BCUT2D eigenvalue weighted by Gasteiger charge is 2.08. The molecule has 18 heavy (non-hydrogen) atoms. The largest absolute Gasteiger partial charge is 0.399 e. The quantitative estimate of drug-likeness (QED) is 0.597. The molecular formula is C14H14BrIN2. The van der Waals surface area contributed by atoms with E-state index in [0.29, 0.717) is 0 Å². The number of benzene rings is 2. The fraction of sp³-hybridized carbons (Fsp3) is 0.143. The van der Waals surface area contributed by atoms with E-state index in [4.69, 9.17) is 5.73 Å². The van der Waals surface area contributed by atoms with Crippen LogP contribution in [-0.4, -0.2) is 7.05 Å². The maximum absolute atomic E-state index is 5.77. The molecule has 0 saturated heterocycles. The van der Waals surface area contributed by atoms with Crippen molar-refractivity contribution in [1.29, 1.82) is 0 Å². The SMILES string of the molecule is CN(Cc1ccccc1Br)c1ccc(N)cc1I. The first kappa shape index (κ1) is 13.7. The summed E-state index contributed by atoms with van der Waals surface area (Å²) in [7, 11) is 2.09. The maximum Gasteiger partial charge on any atom is 0.0503 e. The molecule has 2 aromatic carbocycles. The van der Waals surface area contributed by atoms with Gasteiger partial charge in [0.05, 0.1) is 5.69 Å². The maximum atomic E-state index is 5.77. The fourth-order valence-electron chi connectivity index (χ4n) is 1.80. The van der Waals surface area contributed by atoms with E-state index in [1.54, 1.807) is 0 Å². The minimum Gasteiger partial charge on any atom is -0.399 e. The Morgan fingerprint density at radius 3 is 2.61 bits per heavy atom. The summed E-state index contributed by atoms with van der Waals surface area (Å²) < 4.78 is 2.31. The molecule has 0 fully saturated rings. The van der Waals surface area contributed by atoms with Crippen LogP contribution in [0.2, 0.25) is 0 Å². The molecule has 2 nitrogen and oxygen atoms in total. The van der Waals surface area contributed by atoms with Gasteiger partial charge < -0.3 is 10.6 Å². The molecule has 94 valence electrons. The van der Waals surface area contributed by atoms with E-state index in [9.17, 15) is 0 Å². The van der Waals surface area contributed by atoms with Gasteiger partial charge >= 0.3 is 0 Å². The molecule has 2 aromatic rings. The second-order valence-electron chi connectivity index (χ2n) is 4.16. The molecule has 0 radical (unpaired) electrons. The average molecular weight is 417 g/mol. The normalized spacial score (nSPS) is 10.4. The predicted molar refractivity (Wildman–Crippen MR) is 89.8 cm³/mol. The second-order valence-corrected chi connectivity index (χ2v) is 6.17. The van der Waals surface area contributed by atoms with Crippen LogP contribution in [0.4, 0.5) is 11.4 Å². The molecule has 0 amide bonds. The number of nitrogens with zero attached hydrogens (tertiary/aromatic N) is 1. The Bertz CT molecular complexity index is 557. The van der Waals surface area contributed by atoms with Gasteiger partial charge in [0.15, 0.2) is 0 Å². The Morgan fingerprint density at radius 2 is 1.94 bits per heavy atom. The van der Waals surface area contributed by atoms with E-state index in [2.05, 4.69) is 74.7 Å². The summed E-state index contributed by atoms with van der Waals surface area (Å²) in [5.74, 6) is 0. The van der Waals surface area contributed by atoms with Gasteiger partial charge in [-0.2, -0.15) is 0 Å². The predicted octanol–water partition coefficient (Wildman–Crippen LogP) is 4.27.